The Morgan fingerprint density at radius 2 is 2.35 bits per heavy atom. The summed E-state index contributed by atoms with van der Waals surface area (Å²) in [6.45, 7) is 0. The summed E-state index contributed by atoms with van der Waals surface area (Å²) in [4.78, 5) is 1.26. The third-order valence-electron chi connectivity index (χ3n) is 2.38. The summed E-state index contributed by atoms with van der Waals surface area (Å²) in [6, 6.07) is 6.18. The summed E-state index contributed by atoms with van der Waals surface area (Å²) in [6.07, 6.45) is 0.952. The molecule has 1 aromatic carbocycles. The fourth-order valence-electron chi connectivity index (χ4n) is 1.56. The van der Waals surface area contributed by atoms with E-state index in [0.717, 1.165) is 22.4 Å². The van der Waals surface area contributed by atoms with E-state index in [1.54, 1.807) is 7.05 Å². The van der Waals surface area contributed by atoms with E-state index in [-0.39, 0.29) is 0 Å². The van der Waals surface area contributed by atoms with Gasteiger partial charge in [-0.2, -0.15) is 5.10 Å². The molecule has 3 nitrogen and oxygen atoms in total. The van der Waals surface area contributed by atoms with E-state index in [0.29, 0.717) is 5.11 Å². The summed E-state index contributed by atoms with van der Waals surface area (Å²) in [5, 5.41) is 7.74. The Balaban J connectivity index is 2.29. The summed E-state index contributed by atoms with van der Waals surface area (Å²) in [5.74, 6) is 1.04. The SMILES string of the molecule is CNC(=S)NN=C1CCSc2c(Br)cccc21. The van der Waals surface area contributed by atoms with Gasteiger partial charge in [0, 0.05) is 34.2 Å². The molecule has 0 radical (unpaired) electrons. The second-order valence-electron chi connectivity index (χ2n) is 3.46. The molecule has 0 saturated heterocycles. The first kappa shape index (κ1) is 12.9. The molecule has 0 amide bonds. The molecule has 90 valence electrons. The molecule has 0 unspecified atom stereocenters. The first-order valence-corrected chi connectivity index (χ1v) is 7.37. The van der Waals surface area contributed by atoms with Crippen LogP contribution in [0.1, 0.15) is 12.0 Å². The minimum Gasteiger partial charge on any atom is -0.364 e. The van der Waals surface area contributed by atoms with E-state index < -0.39 is 0 Å². The number of hydrazone groups is 1. The van der Waals surface area contributed by atoms with E-state index in [4.69, 9.17) is 12.2 Å². The van der Waals surface area contributed by atoms with Gasteiger partial charge in [0.15, 0.2) is 5.11 Å². The highest BCUT2D eigenvalue weighted by Gasteiger charge is 2.18. The van der Waals surface area contributed by atoms with Crippen molar-refractivity contribution in [2.24, 2.45) is 5.10 Å². The van der Waals surface area contributed by atoms with Crippen LogP contribution in [0.2, 0.25) is 0 Å². The number of thioether (sulfide) groups is 1. The second-order valence-corrected chi connectivity index (χ2v) is 5.83. The van der Waals surface area contributed by atoms with Crippen LogP contribution in [0.25, 0.3) is 0 Å². The van der Waals surface area contributed by atoms with Crippen molar-refractivity contribution in [2.75, 3.05) is 12.8 Å². The molecule has 2 N–H and O–H groups in total. The molecule has 0 aromatic heterocycles. The van der Waals surface area contributed by atoms with Gasteiger partial charge in [-0.15, -0.1) is 11.8 Å². The molecule has 0 atom stereocenters. The third kappa shape index (κ3) is 3.00. The van der Waals surface area contributed by atoms with Crippen molar-refractivity contribution in [3.8, 4) is 0 Å². The maximum Gasteiger partial charge on any atom is 0.186 e. The highest BCUT2D eigenvalue weighted by Crippen LogP contribution is 2.35. The lowest BCUT2D eigenvalue weighted by molar-refractivity contribution is 0.962. The Morgan fingerprint density at radius 3 is 3.12 bits per heavy atom. The zero-order valence-corrected chi connectivity index (χ0v) is 12.5. The fourth-order valence-corrected chi connectivity index (χ4v) is 3.36. The van der Waals surface area contributed by atoms with Crippen LogP contribution in [0, 0.1) is 0 Å². The molecule has 0 aliphatic carbocycles. The van der Waals surface area contributed by atoms with Gasteiger partial charge in [-0.05, 0) is 34.2 Å². The standard InChI is InChI=1S/C11H12BrN3S2/c1-13-11(16)15-14-9-5-6-17-10-7(9)3-2-4-8(10)12/h2-4H,5-6H2,1H3,(H2,13,15,16). The predicted octanol–water partition coefficient (Wildman–Crippen LogP) is 2.74. The highest BCUT2D eigenvalue weighted by molar-refractivity contribution is 9.10. The van der Waals surface area contributed by atoms with Gasteiger partial charge < -0.3 is 5.32 Å². The van der Waals surface area contributed by atoms with E-state index in [1.165, 1.54) is 10.5 Å². The lowest BCUT2D eigenvalue weighted by atomic mass is 10.1. The van der Waals surface area contributed by atoms with Crippen molar-refractivity contribution in [1.29, 1.82) is 0 Å². The van der Waals surface area contributed by atoms with Crippen molar-refractivity contribution < 1.29 is 0 Å². The molecule has 6 heteroatoms. The summed E-state index contributed by atoms with van der Waals surface area (Å²) < 4.78 is 1.13. The van der Waals surface area contributed by atoms with Gasteiger partial charge in [0.1, 0.15) is 0 Å². The number of rotatable bonds is 1. The van der Waals surface area contributed by atoms with Gasteiger partial charge in [-0.25, -0.2) is 0 Å². The van der Waals surface area contributed by atoms with Crippen molar-refractivity contribution in [3.05, 3.63) is 28.2 Å². The van der Waals surface area contributed by atoms with Crippen LogP contribution in [0.15, 0.2) is 32.7 Å². The number of benzene rings is 1. The van der Waals surface area contributed by atoms with E-state index in [1.807, 2.05) is 17.8 Å². The third-order valence-corrected chi connectivity index (χ3v) is 4.74. The Morgan fingerprint density at radius 1 is 1.53 bits per heavy atom. The molecule has 1 heterocycles. The van der Waals surface area contributed by atoms with Crippen molar-refractivity contribution >= 4 is 50.7 Å². The number of nitrogens with zero attached hydrogens (tertiary/aromatic N) is 1. The quantitative estimate of drug-likeness (QED) is 0.613. The van der Waals surface area contributed by atoms with Crippen LogP contribution in [0.5, 0.6) is 0 Å². The maximum absolute atomic E-state index is 5.00. The van der Waals surface area contributed by atoms with Crippen LogP contribution in [-0.4, -0.2) is 23.6 Å². The lowest BCUT2D eigenvalue weighted by Gasteiger charge is -2.18. The van der Waals surface area contributed by atoms with Crippen LogP contribution >= 0.6 is 39.9 Å². The molecular formula is C11H12BrN3S2. The summed E-state index contributed by atoms with van der Waals surface area (Å²) in [5.41, 5.74) is 5.08. The first-order chi connectivity index (χ1) is 8.22. The number of halogens is 1. The molecule has 0 fully saturated rings. The highest BCUT2D eigenvalue weighted by atomic mass is 79.9. The largest absolute Gasteiger partial charge is 0.364 e. The molecule has 2 rings (SSSR count). The van der Waals surface area contributed by atoms with Crippen LogP contribution < -0.4 is 10.7 Å². The van der Waals surface area contributed by atoms with Gasteiger partial charge >= 0.3 is 0 Å². The second kappa shape index (κ2) is 5.84. The smallest absolute Gasteiger partial charge is 0.186 e. The first-order valence-electron chi connectivity index (χ1n) is 5.18. The number of hydrogen-bond acceptors (Lipinski definition) is 3. The number of fused-ring (bicyclic) bond motifs is 1. The van der Waals surface area contributed by atoms with E-state index in [2.05, 4.69) is 43.9 Å². The monoisotopic (exact) mass is 329 g/mol. The fraction of sp³-hybridized carbons (Fsp3) is 0.273. The molecule has 0 spiro atoms. The molecule has 1 aromatic rings. The molecule has 1 aliphatic heterocycles. The normalized spacial score (nSPS) is 16.5. The Bertz CT molecular complexity index is 474. The zero-order chi connectivity index (χ0) is 12.3. The number of nitrogens with one attached hydrogen (secondary N) is 2. The van der Waals surface area contributed by atoms with Gasteiger partial charge in [-0.1, -0.05) is 12.1 Å². The molecule has 1 aliphatic rings. The van der Waals surface area contributed by atoms with Gasteiger partial charge in [-0.3, -0.25) is 5.43 Å². The Labute approximate surface area is 119 Å². The van der Waals surface area contributed by atoms with Gasteiger partial charge in [0.25, 0.3) is 0 Å². The summed E-state index contributed by atoms with van der Waals surface area (Å²) >= 11 is 10.4. The average Bonchev–Trinajstić information content (AvgIpc) is 2.36. The van der Waals surface area contributed by atoms with Gasteiger partial charge in [0.2, 0.25) is 0 Å². The van der Waals surface area contributed by atoms with Gasteiger partial charge in [0.05, 0.1) is 5.71 Å². The lowest BCUT2D eigenvalue weighted by Crippen LogP contribution is -2.30. The minimum absolute atomic E-state index is 0.535. The van der Waals surface area contributed by atoms with Crippen LogP contribution in [0.4, 0.5) is 0 Å². The maximum atomic E-state index is 5.00. The summed E-state index contributed by atoms with van der Waals surface area (Å²) in [7, 11) is 1.77. The Kier molecular flexibility index (Phi) is 4.42. The zero-order valence-electron chi connectivity index (χ0n) is 9.29. The van der Waals surface area contributed by atoms with Crippen molar-refractivity contribution in [3.63, 3.8) is 0 Å². The van der Waals surface area contributed by atoms with E-state index in [9.17, 15) is 0 Å². The number of hydrogen-bond donors (Lipinski definition) is 2. The topological polar surface area (TPSA) is 36.4 Å². The minimum atomic E-state index is 0.535. The van der Waals surface area contributed by atoms with E-state index >= 15 is 0 Å². The Hall–Kier alpha value is -0.590. The predicted molar refractivity (Wildman–Crippen MR) is 80.8 cm³/mol. The van der Waals surface area contributed by atoms with Crippen molar-refractivity contribution in [1.82, 2.24) is 10.7 Å². The molecular weight excluding hydrogens is 318 g/mol. The molecule has 17 heavy (non-hydrogen) atoms. The molecule has 0 saturated carbocycles. The van der Waals surface area contributed by atoms with Crippen LogP contribution in [-0.2, 0) is 0 Å². The van der Waals surface area contributed by atoms with Crippen molar-refractivity contribution in [2.45, 2.75) is 11.3 Å². The number of thiocarbonyl (C=S) groups is 1. The average molecular weight is 330 g/mol. The van der Waals surface area contributed by atoms with Crippen LogP contribution in [0.3, 0.4) is 0 Å². The molecule has 0 bridgehead atoms.